The number of benzene rings is 2. The molecular weight excluding hydrogens is 324 g/mol. The molecule has 4 atom stereocenters. The van der Waals surface area contributed by atoms with Crippen LogP contribution in [0.25, 0.3) is 0 Å². The first kappa shape index (κ1) is 14.6. The minimum Gasteiger partial charge on any atom is -0.497 e. The molecule has 0 heterocycles. The fourth-order valence-corrected chi connectivity index (χ4v) is 3.96. The zero-order valence-electron chi connectivity index (χ0n) is 12.7. The summed E-state index contributed by atoms with van der Waals surface area (Å²) in [5.74, 6) is 3.58. The first-order valence-corrected chi connectivity index (χ1v) is 8.30. The highest BCUT2D eigenvalue weighted by atomic mass is 79.9. The Morgan fingerprint density at radius 3 is 1.62 bits per heavy atom. The molecule has 0 aromatic heterocycles. The molecule has 0 aliphatic heterocycles. The second-order valence-electron chi connectivity index (χ2n) is 6.09. The van der Waals surface area contributed by atoms with Gasteiger partial charge in [-0.1, -0.05) is 54.0 Å². The lowest BCUT2D eigenvalue weighted by Gasteiger charge is -2.50. The van der Waals surface area contributed by atoms with Gasteiger partial charge in [0.2, 0.25) is 0 Å². The van der Waals surface area contributed by atoms with E-state index in [-0.39, 0.29) is 0 Å². The van der Waals surface area contributed by atoms with Crippen LogP contribution in [0.3, 0.4) is 0 Å². The molecule has 0 bridgehead atoms. The van der Waals surface area contributed by atoms with Gasteiger partial charge in [-0.2, -0.15) is 0 Å². The molecule has 1 saturated carbocycles. The summed E-state index contributed by atoms with van der Waals surface area (Å²) in [7, 11) is 1.72. The van der Waals surface area contributed by atoms with Crippen molar-refractivity contribution in [3.8, 4) is 5.75 Å². The molecule has 0 spiro atoms. The second kappa shape index (κ2) is 5.84. The number of halogens is 1. The van der Waals surface area contributed by atoms with Crippen LogP contribution in [0.1, 0.15) is 36.8 Å². The first-order chi connectivity index (χ1) is 10.1. The lowest BCUT2D eigenvalue weighted by molar-refractivity contribution is 0.122. The molecule has 1 fully saturated rings. The quantitative estimate of drug-likeness (QED) is 0.702. The first-order valence-electron chi connectivity index (χ1n) is 7.51. The van der Waals surface area contributed by atoms with E-state index in [9.17, 15) is 0 Å². The number of rotatable bonds is 3. The van der Waals surface area contributed by atoms with Crippen LogP contribution in [0.2, 0.25) is 0 Å². The second-order valence-corrected chi connectivity index (χ2v) is 7.01. The Labute approximate surface area is 135 Å². The van der Waals surface area contributed by atoms with Gasteiger partial charge in [0.1, 0.15) is 5.75 Å². The van der Waals surface area contributed by atoms with E-state index < -0.39 is 0 Å². The molecule has 110 valence electrons. The molecule has 2 heteroatoms. The van der Waals surface area contributed by atoms with Gasteiger partial charge in [-0.3, -0.25) is 0 Å². The number of ether oxygens (including phenoxy) is 1. The van der Waals surface area contributed by atoms with E-state index in [2.05, 4.69) is 78.3 Å². The molecule has 1 nitrogen and oxygen atoms in total. The summed E-state index contributed by atoms with van der Waals surface area (Å²) in [5, 5.41) is 0. The highest BCUT2D eigenvalue weighted by Gasteiger charge is 2.46. The van der Waals surface area contributed by atoms with Crippen LogP contribution in [0, 0.1) is 11.8 Å². The maximum atomic E-state index is 5.27. The molecular formula is C19H21BrO. The van der Waals surface area contributed by atoms with Gasteiger partial charge in [0.15, 0.2) is 0 Å². The highest BCUT2D eigenvalue weighted by Crippen LogP contribution is 2.57. The minimum absolute atomic E-state index is 0.604. The lowest BCUT2D eigenvalue weighted by Crippen LogP contribution is -2.39. The zero-order chi connectivity index (χ0) is 15.0. The van der Waals surface area contributed by atoms with Crippen molar-refractivity contribution in [2.24, 2.45) is 11.8 Å². The topological polar surface area (TPSA) is 9.23 Å². The maximum absolute atomic E-state index is 5.27. The minimum atomic E-state index is 0.604. The fraction of sp³-hybridized carbons (Fsp3) is 0.368. The number of hydrogen-bond donors (Lipinski definition) is 0. The normalized spacial score (nSPS) is 28.0. The van der Waals surface area contributed by atoms with Gasteiger partial charge in [-0.15, -0.1) is 0 Å². The number of methoxy groups -OCH3 is 1. The number of hydrogen-bond acceptors (Lipinski definition) is 1. The van der Waals surface area contributed by atoms with E-state index in [0.717, 1.165) is 16.1 Å². The predicted molar refractivity (Wildman–Crippen MR) is 90.9 cm³/mol. The molecule has 4 unspecified atom stereocenters. The van der Waals surface area contributed by atoms with Crippen molar-refractivity contribution in [2.75, 3.05) is 7.11 Å². The van der Waals surface area contributed by atoms with Gasteiger partial charge in [-0.05, 0) is 59.1 Å². The van der Waals surface area contributed by atoms with Gasteiger partial charge < -0.3 is 4.74 Å². The third kappa shape index (κ3) is 2.62. The van der Waals surface area contributed by atoms with Gasteiger partial charge in [0.05, 0.1) is 7.11 Å². The van der Waals surface area contributed by atoms with Crippen LogP contribution in [0.4, 0.5) is 0 Å². The van der Waals surface area contributed by atoms with Gasteiger partial charge in [-0.25, -0.2) is 0 Å². The Bertz CT molecular complexity index is 602. The molecule has 21 heavy (non-hydrogen) atoms. The molecule has 0 radical (unpaired) electrons. The van der Waals surface area contributed by atoms with Crippen molar-refractivity contribution in [2.45, 2.75) is 25.7 Å². The summed E-state index contributed by atoms with van der Waals surface area (Å²) in [5.41, 5.74) is 2.87. The summed E-state index contributed by atoms with van der Waals surface area (Å²) in [6, 6.07) is 17.4. The van der Waals surface area contributed by atoms with Crippen LogP contribution >= 0.6 is 15.9 Å². The molecule has 2 aromatic rings. The summed E-state index contributed by atoms with van der Waals surface area (Å²) in [6.45, 7) is 4.74. The monoisotopic (exact) mass is 344 g/mol. The molecule has 0 N–H and O–H groups in total. The highest BCUT2D eigenvalue weighted by molar-refractivity contribution is 9.10. The third-order valence-electron chi connectivity index (χ3n) is 5.10. The van der Waals surface area contributed by atoms with E-state index in [0.29, 0.717) is 17.8 Å². The average molecular weight is 345 g/mol. The molecule has 1 aliphatic carbocycles. The van der Waals surface area contributed by atoms with Crippen LogP contribution in [0.5, 0.6) is 5.75 Å². The Hall–Kier alpha value is -1.28. The van der Waals surface area contributed by atoms with Crippen molar-refractivity contribution < 1.29 is 4.74 Å². The summed E-state index contributed by atoms with van der Waals surface area (Å²) in [4.78, 5) is 0. The Balaban J connectivity index is 1.90. The van der Waals surface area contributed by atoms with Gasteiger partial charge in [0.25, 0.3) is 0 Å². The largest absolute Gasteiger partial charge is 0.497 e. The summed E-state index contributed by atoms with van der Waals surface area (Å²) >= 11 is 3.52. The Kier molecular flexibility index (Phi) is 4.08. The molecule has 2 aromatic carbocycles. The molecule has 1 aliphatic rings. The SMILES string of the molecule is COc1ccc(C2C(C)C(C)C2c2ccc(Br)cc2)cc1. The van der Waals surface area contributed by atoms with E-state index >= 15 is 0 Å². The Morgan fingerprint density at radius 1 is 0.762 bits per heavy atom. The smallest absolute Gasteiger partial charge is 0.118 e. The van der Waals surface area contributed by atoms with Crippen molar-refractivity contribution >= 4 is 15.9 Å². The molecule has 0 amide bonds. The van der Waals surface area contributed by atoms with Crippen molar-refractivity contribution in [3.63, 3.8) is 0 Å². The van der Waals surface area contributed by atoms with Crippen LogP contribution in [-0.4, -0.2) is 7.11 Å². The van der Waals surface area contributed by atoms with Crippen LogP contribution < -0.4 is 4.74 Å². The van der Waals surface area contributed by atoms with Crippen LogP contribution in [-0.2, 0) is 0 Å². The van der Waals surface area contributed by atoms with E-state index in [4.69, 9.17) is 4.74 Å². The standard InChI is InChI=1S/C19H21BrO/c1-12-13(2)19(15-6-10-17(21-3)11-7-15)18(12)14-4-8-16(20)9-5-14/h4-13,18-19H,1-3H3. The molecule has 3 rings (SSSR count). The average Bonchev–Trinajstić information content (AvgIpc) is 2.53. The summed E-state index contributed by atoms with van der Waals surface area (Å²) < 4.78 is 6.41. The Morgan fingerprint density at radius 2 is 1.19 bits per heavy atom. The summed E-state index contributed by atoms with van der Waals surface area (Å²) in [6.07, 6.45) is 0. The predicted octanol–water partition coefficient (Wildman–Crippen LogP) is 5.61. The van der Waals surface area contributed by atoms with Crippen molar-refractivity contribution in [1.82, 2.24) is 0 Å². The zero-order valence-corrected chi connectivity index (χ0v) is 14.3. The fourth-order valence-electron chi connectivity index (χ4n) is 3.70. The van der Waals surface area contributed by atoms with E-state index in [1.54, 1.807) is 7.11 Å². The van der Waals surface area contributed by atoms with Gasteiger partial charge in [0, 0.05) is 4.47 Å². The lowest BCUT2D eigenvalue weighted by atomic mass is 9.54. The maximum Gasteiger partial charge on any atom is 0.118 e. The van der Waals surface area contributed by atoms with Crippen molar-refractivity contribution in [1.29, 1.82) is 0 Å². The van der Waals surface area contributed by atoms with Crippen LogP contribution in [0.15, 0.2) is 53.0 Å². The van der Waals surface area contributed by atoms with Crippen molar-refractivity contribution in [3.05, 3.63) is 64.1 Å². The van der Waals surface area contributed by atoms with E-state index in [1.165, 1.54) is 11.1 Å². The van der Waals surface area contributed by atoms with Gasteiger partial charge >= 0.3 is 0 Å². The molecule has 0 saturated heterocycles. The third-order valence-corrected chi connectivity index (χ3v) is 5.63. The van der Waals surface area contributed by atoms with E-state index in [1.807, 2.05) is 0 Å².